The highest BCUT2D eigenvalue weighted by atomic mass is 16.5. The van der Waals surface area contributed by atoms with Crippen molar-refractivity contribution in [2.45, 2.75) is 13.3 Å². The molecule has 0 saturated heterocycles. The molecule has 1 aromatic heterocycles. The number of ether oxygens (including phenoxy) is 2. The summed E-state index contributed by atoms with van der Waals surface area (Å²) in [5.41, 5.74) is 0.176. The minimum absolute atomic E-state index is 0.176. The Bertz CT molecular complexity index is 597. The first kappa shape index (κ1) is 14.3. The molecular weight excluding hydrogens is 258 g/mol. The fourth-order valence-electron chi connectivity index (χ4n) is 1.90. The zero-order valence-corrected chi connectivity index (χ0v) is 11.3. The van der Waals surface area contributed by atoms with Crippen molar-refractivity contribution in [1.29, 1.82) is 0 Å². The van der Waals surface area contributed by atoms with Gasteiger partial charge in [0.05, 0.1) is 12.2 Å². The topological polar surface area (TPSA) is 68.7 Å². The number of benzene rings is 1. The van der Waals surface area contributed by atoms with Crippen LogP contribution in [0.4, 0.5) is 0 Å². The molecule has 0 bridgehead atoms. The molecular formula is C15H17NO4. The van der Waals surface area contributed by atoms with Gasteiger partial charge in [0.25, 0.3) is 0 Å². The highest BCUT2D eigenvalue weighted by Crippen LogP contribution is 2.26. The van der Waals surface area contributed by atoms with Gasteiger partial charge in [0.1, 0.15) is 6.61 Å². The van der Waals surface area contributed by atoms with Gasteiger partial charge in [-0.15, -0.1) is 0 Å². The number of hydrogen-bond acceptors (Lipinski definition) is 4. The molecule has 20 heavy (non-hydrogen) atoms. The molecule has 1 N–H and O–H groups in total. The summed E-state index contributed by atoms with van der Waals surface area (Å²) in [6.07, 6.45) is 2.29. The maximum Gasteiger partial charge on any atom is 0.337 e. The predicted molar refractivity (Wildman–Crippen MR) is 75.3 cm³/mol. The lowest BCUT2D eigenvalue weighted by Gasteiger charge is -2.10. The number of hydrogen-bond donors (Lipinski definition) is 1. The standard InChI is InChI=1S/C15H17NO4/c1-2-7-19-8-9-20-14-12-6-4-3-5-11(12)13(10-16-14)15(17)18/h3-6,10H,2,7-9H2,1H3,(H,17,18). The van der Waals surface area contributed by atoms with E-state index in [1.807, 2.05) is 13.0 Å². The molecule has 0 aliphatic carbocycles. The minimum Gasteiger partial charge on any atom is -0.478 e. The van der Waals surface area contributed by atoms with Gasteiger partial charge in [-0.2, -0.15) is 0 Å². The molecule has 0 aliphatic rings. The fourth-order valence-corrected chi connectivity index (χ4v) is 1.90. The Kier molecular flexibility index (Phi) is 4.90. The zero-order chi connectivity index (χ0) is 14.4. The lowest BCUT2D eigenvalue weighted by Crippen LogP contribution is -2.09. The van der Waals surface area contributed by atoms with Crippen LogP contribution in [0.15, 0.2) is 30.5 Å². The number of pyridine rings is 1. The van der Waals surface area contributed by atoms with E-state index in [2.05, 4.69) is 4.98 Å². The lowest BCUT2D eigenvalue weighted by atomic mass is 10.1. The third-order valence-corrected chi connectivity index (χ3v) is 2.80. The zero-order valence-electron chi connectivity index (χ0n) is 11.3. The number of aromatic nitrogens is 1. The van der Waals surface area contributed by atoms with Gasteiger partial charge in [-0.1, -0.05) is 25.1 Å². The van der Waals surface area contributed by atoms with Gasteiger partial charge >= 0.3 is 5.97 Å². The molecule has 106 valence electrons. The van der Waals surface area contributed by atoms with Crippen molar-refractivity contribution in [1.82, 2.24) is 4.98 Å². The number of carboxylic acids is 1. The minimum atomic E-state index is -0.994. The number of aromatic carboxylic acids is 1. The smallest absolute Gasteiger partial charge is 0.337 e. The second kappa shape index (κ2) is 6.86. The summed E-state index contributed by atoms with van der Waals surface area (Å²) in [6, 6.07) is 7.18. The first-order valence-electron chi connectivity index (χ1n) is 6.55. The van der Waals surface area contributed by atoms with Crippen LogP contribution >= 0.6 is 0 Å². The van der Waals surface area contributed by atoms with Crippen LogP contribution in [0.25, 0.3) is 10.8 Å². The Labute approximate surface area is 117 Å². The van der Waals surface area contributed by atoms with Crippen LogP contribution in [0.5, 0.6) is 5.88 Å². The summed E-state index contributed by atoms with van der Waals surface area (Å²) >= 11 is 0. The molecule has 1 aromatic carbocycles. The number of carboxylic acid groups (broad SMARTS) is 1. The van der Waals surface area contributed by atoms with Crippen molar-refractivity contribution >= 4 is 16.7 Å². The third-order valence-electron chi connectivity index (χ3n) is 2.80. The first-order valence-corrected chi connectivity index (χ1v) is 6.55. The van der Waals surface area contributed by atoms with Crippen molar-refractivity contribution in [2.75, 3.05) is 19.8 Å². The van der Waals surface area contributed by atoms with Crippen LogP contribution in [0.3, 0.4) is 0 Å². The molecule has 5 heteroatoms. The van der Waals surface area contributed by atoms with Gasteiger partial charge in [0, 0.05) is 23.6 Å². The van der Waals surface area contributed by atoms with Gasteiger partial charge in [-0.3, -0.25) is 0 Å². The molecule has 0 radical (unpaired) electrons. The number of rotatable bonds is 7. The van der Waals surface area contributed by atoms with E-state index in [1.165, 1.54) is 6.20 Å². The largest absolute Gasteiger partial charge is 0.478 e. The number of nitrogens with zero attached hydrogens (tertiary/aromatic N) is 1. The number of carbonyl (C=O) groups is 1. The Morgan fingerprint density at radius 3 is 2.65 bits per heavy atom. The van der Waals surface area contributed by atoms with Crippen LogP contribution in [-0.2, 0) is 4.74 Å². The lowest BCUT2D eigenvalue weighted by molar-refractivity contribution is 0.0698. The maximum absolute atomic E-state index is 11.2. The van der Waals surface area contributed by atoms with Crippen LogP contribution in [-0.4, -0.2) is 35.9 Å². The van der Waals surface area contributed by atoms with E-state index >= 15 is 0 Å². The van der Waals surface area contributed by atoms with Crippen molar-refractivity contribution < 1.29 is 19.4 Å². The quantitative estimate of drug-likeness (QED) is 0.787. The molecule has 0 amide bonds. The second-order valence-electron chi connectivity index (χ2n) is 4.29. The average molecular weight is 275 g/mol. The van der Waals surface area contributed by atoms with Gasteiger partial charge in [-0.05, 0) is 12.5 Å². The van der Waals surface area contributed by atoms with E-state index in [0.717, 1.165) is 6.42 Å². The Balaban J connectivity index is 2.18. The van der Waals surface area contributed by atoms with Crippen LogP contribution in [0.2, 0.25) is 0 Å². The summed E-state index contributed by atoms with van der Waals surface area (Å²) in [7, 11) is 0. The second-order valence-corrected chi connectivity index (χ2v) is 4.29. The van der Waals surface area contributed by atoms with E-state index in [-0.39, 0.29) is 5.56 Å². The summed E-state index contributed by atoms with van der Waals surface area (Å²) in [4.78, 5) is 15.2. The summed E-state index contributed by atoms with van der Waals surface area (Å²) in [5.74, 6) is -0.558. The van der Waals surface area contributed by atoms with E-state index < -0.39 is 5.97 Å². The van der Waals surface area contributed by atoms with E-state index in [0.29, 0.717) is 36.5 Å². The number of fused-ring (bicyclic) bond motifs is 1. The molecule has 2 aromatic rings. The van der Waals surface area contributed by atoms with Gasteiger partial charge < -0.3 is 14.6 Å². The SMILES string of the molecule is CCCOCCOc1ncc(C(=O)O)c2ccccc12. The summed E-state index contributed by atoms with van der Waals surface area (Å²) in [6.45, 7) is 3.63. The van der Waals surface area contributed by atoms with Gasteiger partial charge in [-0.25, -0.2) is 9.78 Å². The Hall–Kier alpha value is -2.14. The molecule has 1 heterocycles. The van der Waals surface area contributed by atoms with Crippen LogP contribution < -0.4 is 4.74 Å². The van der Waals surface area contributed by atoms with Crippen LogP contribution in [0, 0.1) is 0 Å². The molecule has 0 unspecified atom stereocenters. The Morgan fingerprint density at radius 2 is 1.95 bits per heavy atom. The van der Waals surface area contributed by atoms with E-state index in [4.69, 9.17) is 14.6 Å². The molecule has 0 fully saturated rings. The Morgan fingerprint density at radius 1 is 1.20 bits per heavy atom. The van der Waals surface area contributed by atoms with Crippen LogP contribution in [0.1, 0.15) is 23.7 Å². The van der Waals surface area contributed by atoms with Crippen molar-refractivity contribution in [3.63, 3.8) is 0 Å². The van der Waals surface area contributed by atoms with E-state index in [9.17, 15) is 4.79 Å². The molecule has 0 atom stereocenters. The fraction of sp³-hybridized carbons (Fsp3) is 0.333. The van der Waals surface area contributed by atoms with Crippen molar-refractivity contribution in [3.05, 3.63) is 36.0 Å². The predicted octanol–water partition coefficient (Wildman–Crippen LogP) is 2.74. The average Bonchev–Trinajstić information content (AvgIpc) is 2.46. The van der Waals surface area contributed by atoms with Crippen molar-refractivity contribution in [2.24, 2.45) is 0 Å². The van der Waals surface area contributed by atoms with Gasteiger partial charge in [0.15, 0.2) is 0 Å². The first-order chi connectivity index (χ1) is 9.74. The molecule has 0 aliphatic heterocycles. The molecule has 2 rings (SSSR count). The van der Waals surface area contributed by atoms with Crippen molar-refractivity contribution in [3.8, 4) is 5.88 Å². The maximum atomic E-state index is 11.2. The molecule has 0 saturated carbocycles. The third kappa shape index (κ3) is 3.24. The monoisotopic (exact) mass is 275 g/mol. The van der Waals surface area contributed by atoms with E-state index in [1.54, 1.807) is 18.2 Å². The molecule has 5 nitrogen and oxygen atoms in total. The molecule has 0 spiro atoms. The summed E-state index contributed by atoms with van der Waals surface area (Å²) < 4.78 is 10.9. The van der Waals surface area contributed by atoms with Gasteiger partial charge in [0.2, 0.25) is 5.88 Å². The normalized spacial score (nSPS) is 10.7. The highest BCUT2D eigenvalue weighted by molar-refractivity contribution is 6.04. The highest BCUT2D eigenvalue weighted by Gasteiger charge is 2.12. The summed E-state index contributed by atoms with van der Waals surface area (Å²) in [5, 5.41) is 10.5.